The highest BCUT2D eigenvalue weighted by atomic mass is 19.1. The van der Waals surface area contributed by atoms with E-state index >= 15 is 0 Å². The minimum Gasteiger partial charge on any atom is -0.444 e. The van der Waals surface area contributed by atoms with Gasteiger partial charge in [-0.2, -0.15) is 0 Å². The van der Waals surface area contributed by atoms with Crippen molar-refractivity contribution in [3.05, 3.63) is 71.0 Å². The fourth-order valence-electron chi connectivity index (χ4n) is 4.54. The van der Waals surface area contributed by atoms with Gasteiger partial charge in [0.1, 0.15) is 23.7 Å². The van der Waals surface area contributed by atoms with Crippen molar-refractivity contribution in [1.82, 2.24) is 10.2 Å². The van der Waals surface area contributed by atoms with Crippen molar-refractivity contribution in [2.24, 2.45) is 0 Å². The first kappa shape index (κ1) is 24.1. The molecule has 2 aromatic carbocycles. The van der Waals surface area contributed by atoms with E-state index in [0.29, 0.717) is 13.0 Å². The summed E-state index contributed by atoms with van der Waals surface area (Å²) in [5, 5.41) is 2.55. The standard InChI is InChI=1S/C26H30F2N2O4/c1-26(2,3)34-25(32)29-21-14-22(33-15-20(21)28)24(31)30-13-12-16-6-4-5-7-19(16)23(30)17-8-10-18(27)11-9-17/h4-11,20-23H,12-15H2,1-3H3,(H,29,32)/t20-,21-,22-,23+/m1/s1. The Morgan fingerprint density at radius 3 is 2.53 bits per heavy atom. The van der Waals surface area contributed by atoms with Gasteiger partial charge in [-0.05, 0) is 56.0 Å². The van der Waals surface area contributed by atoms with Crippen LogP contribution in [-0.2, 0) is 20.7 Å². The van der Waals surface area contributed by atoms with Gasteiger partial charge in [0.15, 0.2) is 0 Å². The molecule has 4 rings (SSSR count). The number of nitrogens with zero attached hydrogens (tertiary/aromatic N) is 1. The first-order valence-electron chi connectivity index (χ1n) is 11.5. The number of benzene rings is 2. The van der Waals surface area contributed by atoms with E-state index in [1.807, 2.05) is 24.3 Å². The molecular formula is C26H30F2N2O4. The van der Waals surface area contributed by atoms with Crippen molar-refractivity contribution in [2.75, 3.05) is 13.2 Å². The molecule has 8 heteroatoms. The van der Waals surface area contributed by atoms with Gasteiger partial charge >= 0.3 is 6.09 Å². The number of nitrogens with one attached hydrogen (secondary N) is 1. The van der Waals surface area contributed by atoms with E-state index in [0.717, 1.165) is 16.7 Å². The zero-order valence-electron chi connectivity index (χ0n) is 19.6. The number of alkyl carbamates (subject to hydrolysis) is 1. The number of alkyl halides is 1. The Hall–Kier alpha value is -3.00. The normalized spacial score (nSPS) is 24.8. The molecule has 2 aliphatic rings. The third-order valence-corrected chi connectivity index (χ3v) is 6.09. The summed E-state index contributed by atoms with van der Waals surface area (Å²) in [4.78, 5) is 27.5. The van der Waals surface area contributed by atoms with Gasteiger partial charge in [-0.1, -0.05) is 36.4 Å². The van der Waals surface area contributed by atoms with E-state index in [9.17, 15) is 18.4 Å². The number of amides is 2. The SMILES string of the molecule is CC(C)(C)OC(=O)N[C@@H]1C[C@H](C(=O)N2CCc3ccccc3[C@@H]2c2ccc(F)cc2)OC[C@H]1F. The molecule has 1 fully saturated rings. The van der Waals surface area contributed by atoms with Crippen molar-refractivity contribution < 1.29 is 27.8 Å². The second-order valence-corrected chi connectivity index (χ2v) is 9.76. The molecule has 0 radical (unpaired) electrons. The second kappa shape index (κ2) is 9.70. The molecule has 182 valence electrons. The van der Waals surface area contributed by atoms with Crippen molar-refractivity contribution in [2.45, 2.75) is 63.6 Å². The lowest BCUT2D eigenvalue weighted by atomic mass is 9.87. The predicted octanol–water partition coefficient (Wildman–Crippen LogP) is 4.32. The van der Waals surface area contributed by atoms with E-state index in [-0.39, 0.29) is 24.8 Å². The Labute approximate surface area is 198 Å². The Bertz CT molecular complexity index is 1040. The highest BCUT2D eigenvalue weighted by molar-refractivity contribution is 5.82. The summed E-state index contributed by atoms with van der Waals surface area (Å²) in [5.74, 6) is -0.641. The van der Waals surface area contributed by atoms with Crippen LogP contribution in [0.3, 0.4) is 0 Å². The van der Waals surface area contributed by atoms with Gasteiger partial charge in [0.05, 0.1) is 18.7 Å². The van der Waals surface area contributed by atoms with E-state index in [1.165, 1.54) is 12.1 Å². The molecule has 0 spiro atoms. The summed E-state index contributed by atoms with van der Waals surface area (Å²) in [7, 11) is 0. The maximum atomic E-state index is 14.5. The molecule has 6 nitrogen and oxygen atoms in total. The van der Waals surface area contributed by atoms with E-state index in [4.69, 9.17) is 9.47 Å². The summed E-state index contributed by atoms with van der Waals surface area (Å²) in [6.07, 6.45) is -2.44. The number of carbonyl (C=O) groups is 2. The summed E-state index contributed by atoms with van der Waals surface area (Å²) in [6, 6.07) is 12.6. The number of fused-ring (bicyclic) bond motifs is 1. The summed E-state index contributed by atoms with van der Waals surface area (Å²) < 4.78 is 39.0. The maximum absolute atomic E-state index is 14.5. The van der Waals surface area contributed by atoms with E-state index in [1.54, 1.807) is 37.8 Å². The minimum atomic E-state index is -1.45. The molecule has 4 atom stereocenters. The van der Waals surface area contributed by atoms with Gasteiger partial charge in [-0.25, -0.2) is 13.6 Å². The van der Waals surface area contributed by atoms with Crippen LogP contribution in [0.15, 0.2) is 48.5 Å². The van der Waals surface area contributed by atoms with Gasteiger partial charge in [-0.3, -0.25) is 4.79 Å². The molecule has 2 aliphatic heterocycles. The highest BCUT2D eigenvalue weighted by Crippen LogP contribution is 2.36. The number of carbonyl (C=O) groups excluding carboxylic acids is 2. The van der Waals surface area contributed by atoms with Gasteiger partial charge in [0, 0.05) is 13.0 Å². The Morgan fingerprint density at radius 1 is 1.12 bits per heavy atom. The Balaban J connectivity index is 1.55. The van der Waals surface area contributed by atoms with Crippen LogP contribution in [0.5, 0.6) is 0 Å². The maximum Gasteiger partial charge on any atom is 0.407 e. The zero-order valence-corrected chi connectivity index (χ0v) is 19.6. The molecule has 0 aromatic heterocycles. The first-order chi connectivity index (χ1) is 16.1. The largest absolute Gasteiger partial charge is 0.444 e. The number of hydrogen-bond donors (Lipinski definition) is 1. The van der Waals surface area contributed by atoms with Crippen LogP contribution in [0.2, 0.25) is 0 Å². The van der Waals surface area contributed by atoms with Crippen molar-refractivity contribution in [3.63, 3.8) is 0 Å². The molecule has 0 saturated carbocycles. The fraction of sp³-hybridized carbons (Fsp3) is 0.462. The molecule has 0 unspecified atom stereocenters. The van der Waals surface area contributed by atoms with E-state index in [2.05, 4.69) is 5.32 Å². The van der Waals surface area contributed by atoms with Crippen molar-refractivity contribution in [3.8, 4) is 0 Å². The molecule has 0 bridgehead atoms. The third kappa shape index (κ3) is 5.38. The van der Waals surface area contributed by atoms with Gasteiger partial charge in [0.2, 0.25) is 0 Å². The monoisotopic (exact) mass is 472 g/mol. The fourth-order valence-corrected chi connectivity index (χ4v) is 4.54. The molecule has 34 heavy (non-hydrogen) atoms. The lowest BCUT2D eigenvalue weighted by Gasteiger charge is -2.41. The van der Waals surface area contributed by atoms with Crippen LogP contribution in [0.25, 0.3) is 0 Å². The Kier molecular flexibility index (Phi) is 6.89. The van der Waals surface area contributed by atoms with Crippen LogP contribution in [0.4, 0.5) is 13.6 Å². The van der Waals surface area contributed by atoms with Crippen molar-refractivity contribution >= 4 is 12.0 Å². The number of rotatable bonds is 3. The molecule has 2 aromatic rings. The zero-order chi connectivity index (χ0) is 24.5. The van der Waals surface area contributed by atoms with Crippen LogP contribution >= 0.6 is 0 Å². The molecule has 1 saturated heterocycles. The van der Waals surface area contributed by atoms with Gasteiger partial charge in [-0.15, -0.1) is 0 Å². The summed E-state index contributed by atoms with van der Waals surface area (Å²) >= 11 is 0. The predicted molar refractivity (Wildman–Crippen MR) is 123 cm³/mol. The van der Waals surface area contributed by atoms with Crippen molar-refractivity contribution in [1.29, 1.82) is 0 Å². The lowest BCUT2D eigenvalue weighted by molar-refractivity contribution is -0.152. The number of hydrogen-bond acceptors (Lipinski definition) is 4. The van der Waals surface area contributed by atoms with E-state index < -0.39 is 36.1 Å². The summed E-state index contributed by atoms with van der Waals surface area (Å²) in [5.41, 5.74) is 2.15. The quantitative estimate of drug-likeness (QED) is 0.723. The topological polar surface area (TPSA) is 67.9 Å². The smallest absolute Gasteiger partial charge is 0.407 e. The van der Waals surface area contributed by atoms with Gasteiger partial charge in [0.25, 0.3) is 5.91 Å². The van der Waals surface area contributed by atoms with Crippen LogP contribution < -0.4 is 5.32 Å². The molecule has 1 N–H and O–H groups in total. The number of ether oxygens (including phenoxy) is 2. The average Bonchev–Trinajstić information content (AvgIpc) is 2.79. The number of halogens is 2. The average molecular weight is 473 g/mol. The molecule has 2 amide bonds. The Morgan fingerprint density at radius 2 is 1.82 bits per heavy atom. The molecular weight excluding hydrogens is 442 g/mol. The van der Waals surface area contributed by atoms with Crippen LogP contribution in [-0.4, -0.2) is 54.0 Å². The molecule has 0 aliphatic carbocycles. The molecule has 2 heterocycles. The highest BCUT2D eigenvalue weighted by Gasteiger charge is 2.41. The lowest BCUT2D eigenvalue weighted by Crippen LogP contribution is -2.55. The summed E-state index contributed by atoms with van der Waals surface area (Å²) in [6.45, 7) is 5.31. The van der Waals surface area contributed by atoms with Crippen LogP contribution in [0.1, 0.15) is 49.9 Å². The third-order valence-electron chi connectivity index (χ3n) is 6.09. The first-order valence-corrected chi connectivity index (χ1v) is 11.5. The minimum absolute atomic E-state index is 0.00642. The van der Waals surface area contributed by atoms with Gasteiger partial charge < -0.3 is 19.7 Å². The van der Waals surface area contributed by atoms with Crippen LogP contribution in [0, 0.1) is 5.82 Å². The second-order valence-electron chi connectivity index (χ2n) is 9.76.